The van der Waals surface area contributed by atoms with E-state index < -0.39 is 5.97 Å². The van der Waals surface area contributed by atoms with Crippen LogP contribution in [0.1, 0.15) is 64.7 Å². The smallest absolute Gasteiger partial charge is 0.328 e. The summed E-state index contributed by atoms with van der Waals surface area (Å²) in [6.45, 7) is 2.23. The predicted octanol–water partition coefficient (Wildman–Crippen LogP) is 5.09. The first-order valence-electron chi connectivity index (χ1n) is 8.92. The van der Waals surface area contributed by atoms with Crippen LogP contribution in [-0.4, -0.2) is 16.9 Å². The Balaban J connectivity index is 2.33. The van der Waals surface area contributed by atoms with Crippen LogP contribution in [0.2, 0.25) is 0 Å². The molecule has 1 aliphatic carbocycles. The Morgan fingerprint density at radius 2 is 1.78 bits per heavy atom. The van der Waals surface area contributed by atoms with E-state index in [0.29, 0.717) is 18.1 Å². The lowest BCUT2D eigenvalue weighted by atomic mass is 9.89. The number of hydrogen-bond donors (Lipinski definition) is 1. The van der Waals surface area contributed by atoms with Crippen molar-refractivity contribution in [3.05, 3.63) is 36.5 Å². The zero-order valence-electron chi connectivity index (χ0n) is 14.2. The summed E-state index contributed by atoms with van der Waals surface area (Å²) in [7, 11) is 0. The summed E-state index contributed by atoms with van der Waals surface area (Å²) < 4.78 is 0. The first-order valence-corrected chi connectivity index (χ1v) is 8.92. The third kappa shape index (κ3) is 8.53. The fourth-order valence-electron chi connectivity index (χ4n) is 3.16. The van der Waals surface area contributed by atoms with Crippen molar-refractivity contribution in [1.29, 1.82) is 0 Å². The van der Waals surface area contributed by atoms with Gasteiger partial charge in [-0.3, -0.25) is 4.79 Å². The number of carbonyl (C=O) groups excluding carboxylic acids is 1. The van der Waals surface area contributed by atoms with Crippen molar-refractivity contribution >= 4 is 11.8 Å². The molecule has 2 atom stereocenters. The number of hydrogen-bond acceptors (Lipinski definition) is 2. The van der Waals surface area contributed by atoms with Gasteiger partial charge in [0.25, 0.3) is 0 Å². The third-order valence-electron chi connectivity index (χ3n) is 4.46. The van der Waals surface area contributed by atoms with Crippen LogP contribution in [0, 0.1) is 11.8 Å². The van der Waals surface area contributed by atoms with Gasteiger partial charge in [-0.05, 0) is 18.8 Å². The Hall–Kier alpha value is -1.64. The third-order valence-corrected chi connectivity index (χ3v) is 4.46. The van der Waals surface area contributed by atoms with Crippen molar-refractivity contribution in [2.45, 2.75) is 64.7 Å². The van der Waals surface area contributed by atoms with Gasteiger partial charge in [-0.15, -0.1) is 0 Å². The summed E-state index contributed by atoms with van der Waals surface area (Å²) in [5, 5.41) is 8.48. The van der Waals surface area contributed by atoms with Crippen molar-refractivity contribution in [2.75, 3.05) is 0 Å². The minimum atomic E-state index is -0.955. The molecule has 0 unspecified atom stereocenters. The van der Waals surface area contributed by atoms with E-state index in [1.165, 1.54) is 44.6 Å². The highest BCUT2D eigenvalue weighted by Gasteiger charge is 2.31. The van der Waals surface area contributed by atoms with Gasteiger partial charge >= 0.3 is 5.97 Å². The van der Waals surface area contributed by atoms with Gasteiger partial charge in [0.2, 0.25) is 0 Å². The molecule has 3 nitrogen and oxygen atoms in total. The average Bonchev–Trinajstić information content (AvgIpc) is 2.86. The van der Waals surface area contributed by atoms with Gasteiger partial charge in [-0.1, -0.05) is 75.8 Å². The van der Waals surface area contributed by atoms with E-state index in [9.17, 15) is 9.59 Å². The van der Waals surface area contributed by atoms with Crippen LogP contribution in [-0.2, 0) is 9.59 Å². The zero-order valence-corrected chi connectivity index (χ0v) is 14.2. The number of unbranched alkanes of at least 4 members (excludes halogenated alkanes) is 5. The quantitative estimate of drug-likeness (QED) is 0.328. The van der Waals surface area contributed by atoms with E-state index in [4.69, 9.17) is 5.11 Å². The molecule has 0 aromatic carbocycles. The van der Waals surface area contributed by atoms with E-state index in [-0.39, 0.29) is 5.92 Å². The lowest BCUT2D eigenvalue weighted by Crippen LogP contribution is -2.12. The van der Waals surface area contributed by atoms with E-state index >= 15 is 0 Å². The Morgan fingerprint density at radius 1 is 1.09 bits per heavy atom. The van der Waals surface area contributed by atoms with Gasteiger partial charge in [0, 0.05) is 18.4 Å². The topological polar surface area (TPSA) is 54.4 Å². The fraction of sp³-hybridized carbons (Fsp3) is 0.600. The highest BCUT2D eigenvalue weighted by molar-refractivity contribution is 5.85. The summed E-state index contributed by atoms with van der Waals surface area (Å²) in [4.78, 5) is 22.3. The maximum atomic E-state index is 12.0. The Kier molecular flexibility index (Phi) is 10.0. The Morgan fingerprint density at radius 3 is 2.52 bits per heavy atom. The SMILES string of the molecule is CCCCCCCC[C@H]1CCC(=O)[C@@H]1C=CC=CC=CC(=O)O. The second-order valence-corrected chi connectivity index (χ2v) is 6.31. The van der Waals surface area contributed by atoms with Crippen molar-refractivity contribution in [2.24, 2.45) is 11.8 Å². The maximum Gasteiger partial charge on any atom is 0.328 e. The van der Waals surface area contributed by atoms with Gasteiger partial charge in [0.15, 0.2) is 0 Å². The number of Topliss-reactive ketones (excluding diaryl/α,β-unsaturated/α-hetero) is 1. The van der Waals surface area contributed by atoms with Gasteiger partial charge in [-0.2, -0.15) is 0 Å². The van der Waals surface area contributed by atoms with Crippen LogP contribution in [0.15, 0.2) is 36.5 Å². The maximum absolute atomic E-state index is 12.0. The molecule has 0 aromatic rings. The largest absolute Gasteiger partial charge is 0.478 e. The van der Waals surface area contributed by atoms with Crippen LogP contribution in [0.4, 0.5) is 0 Å². The summed E-state index contributed by atoms with van der Waals surface area (Å²) in [5.74, 6) is -0.0538. The molecular formula is C20H30O3. The molecule has 3 heteroatoms. The summed E-state index contributed by atoms with van der Waals surface area (Å²) in [6, 6.07) is 0. The molecule has 1 aliphatic rings. The van der Waals surface area contributed by atoms with E-state index in [0.717, 1.165) is 18.9 Å². The summed E-state index contributed by atoms with van der Waals surface area (Å²) >= 11 is 0. The monoisotopic (exact) mass is 318 g/mol. The number of allylic oxidation sites excluding steroid dienone is 5. The van der Waals surface area contributed by atoms with Gasteiger partial charge in [-0.25, -0.2) is 4.79 Å². The van der Waals surface area contributed by atoms with Crippen molar-refractivity contribution < 1.29 is 14.7 Å². The van der Waals surface area contributed by atoms with Crippen molar-refractivity contribution in [3.63, 3.8) is 0 Å². The van der Waals surface area contributed by atoms with Crippen LogP contribution >= 0.6 is 0 Å². The molecule has 23 heavy (non-hydrogen) atoms. The van der Waals surface area contributed by atoms with Crippen molar-refractivity contribution in [1.82, 2.24) is 0 Å². The lowest BCUT2D eigenvalue weighted by molar-refractivity contribution is -0.131. The molecule has 0 bridgehead atoms. The molecule has 0 amide bonds. The van der Waals surface area contributed by atoms with E-state index in [1.807, 2.05) is 12.2 Å². The fourth-order valence-corrected chi connectivity index (χ4v) is 3.16. The highest BCUT2D eigenvalue weighted by Crippen LogP contribution is 2.34. The minimum absolute atomic E-state index is 0.0544. The normalized spacial score (nSPS) is 22.0. The first-order chi connectivity index (χ1) is 11.1. The molecule has 1 saturated carbocycles. The number of ketones is 1. The zero-order chi connectivity index (χ0) is 16.9. The molecule has 0 aliphatic heterocycles. The molecule has 1 N–H and O–H groups in total. The van der Waals surface area contributed by atoms with Crippen LogP contribution in [0.5, 0.6) is 0 Å². The Bertz CT molecular complexity index is 446. The molecule has 0 radical (unpaired) electrons. The summed E-state index contributed by atoms with van der Waals surface area (Å²) in [6.07, 6.45) is 20.5. The number of aliphatic carboxylic acids is 1. The molecule has 0 heterocycles. The second kappa shape index (κ2) is 11.9. The summed E-state index contributed by atoms with van der Waals surface area (Å²) in [5.41, 5.74) is 0. The minimum Gasteiger partial charge on any atom is -0.478 e. The van der Waals surface area contributed by atoms with Crippen LogP contribution in [0.3, 0.4) is 0 Å². The highest BCUT2D eigenvalue weighted by atomic mass is 16.4. The van der Waals surface area contributed by atoms with Gasteiger partial charge in [0.1, 0.15) is 5.78 Å². The number of carboxylic acid groups (broad SMARTS) is 1. The molecule has 1 rings (SSSR count). The standard InChI is InChI=1S/C20H30O3/c1-2-3-4-5-6-9-12-17-15-16-19(21)18(17)13-10-7-8-11-14-20(22)23/h7-8,10-11,13-14,17-18H,2-6,9,12,15-16H2,1H3,(H,22,23)/t17-,18+/m0/s1. The van der Waals surface area contributed by atoms with E-state index in [2.05, 4.69) is 6.92 Å². The molecule has 128 valence electrons. The molecule has 0 aromatic heterocycles. The van der Waals surface area contributed by atoms with E-state index in [1.54, 1.807) is 12.2 Å². The average molecular weight is 318 g/mol. The van der Waals surface area contributed by atoms with Gasteiger partial charge < -0.3 is 5.11 Å². The molecule has 1 fully saturated rings. The second-order valence-electron chi connectivity index (χ2n) is 6.31. The Labute approximate surface area is 140 Å². The number of carboxylic acids is 1. The number of rotatable bonds is 11. The predicted molar refractivity (Wildman–Crippen MR) is 94.3 cm³/mol. The van der Waals surface area contributed by atoms with Crippen LogP contribution < -0.4 is 0 Å². The number of carbonyl (C=O) groups is 2. The first kappa shape index (κ1) is 19.4. The molecule has 0 saturated heterocycles. The van der Waals surface area contributed by atoms with Gasteiger partial charge in [0.05, 0.1) is 0 Å². The molecule has 0 spiro atoms. The van der Waals surface area contributed by atoms with Crippen molar-refractivity contribution in [3.8, 4) is 0 Å². The van der Waals surface area contributed by atoms with Crippen LogP contribution in [0.25, 0.3) is 0 Å². The lowest BCUT2D eigenvalue weighted by Gasteiger charge is -2.14. The molecular weight excluding hydrogens is 288 g/mol.